The van der Waals surface area contributed by atoms with Crippen LogP contribution in [-0.2, 0) is 17.8 Å². The summed E-state index contributed by atoms with van der Waals surface area (Å²) < 4.78 is 19.7. The summed E-state index contributed by atoms with van der Waals surface area (Å²) in [4.78, 5) is 34.2. The molecule has 0 saturated heterocycles. The highest BCUT2D eigenvalue weighted by molar-refractivity contribution is 5.96. The van der Waals surface area contributed by atoms with E-state index in [0.29, 0.717) is 54.1 Å². The lowest BCUT2D eigenvalue weighted by Gasteiger charge is -2.16. The lowest BCUT2D eigenvalue weighted by molar-refractivity contribution is -0.130. The molecule has 0 N–H and O–H groups in total. The van der Waals surface area contributed by atoms with Crippen LogP contribution < -0.4 is 4.74 Å². The number of amides is 1. The van der Waals surface area contributed by atoms with Crippen LogP contribution in [0.4, 0.5) is 4.39 Å². The number of benzene rings is 1. The van der Waals surface area contributed by atoms with Gasteiger partial charge in [0.2, 0.25) is 11.8 Å². The second-order valence-corrected chi connectivity index (χ2v) is 7.48. The lowest BCUT2D eigenvalue weighted by Crippen LogP contribution is -2.25. The number of Topliss-reactive ketones (excluding diaryl/α,β-unsaturated/α-hetero) is 1. The number of ketones is 1. The summed E-state index contributed by atoms with van der Waals surface area (Å²) in [7, 11) is 3.25. The van der Waals surface area contributed by atoms with Gasteiger partial charge in [-0.2, -0.15) is 0 Å². The van der Waals surface area contributed by atoms with Crippen LogP contribution in [0.1, 0.15) is 41.3 Å². The summed E-state index contributed by atoms with van der Waals surface area (Å²) in [6, 6.07) is 11.8. The smallest absolute Gasteiger partial charge is 0.222 e. The predicted molar refractivity (Wildman–Crippen MR) is 120 cm³/mol. The van der Waals surface area contributed by atoms with Gasteiger partial charge in [0.15, 0.2) is 5.78 Å². The Labute approximate surface area is 187 Å². The number of pyridine rings is 2. The first-order valence-electron chi connectivity index (χ1n) is 10.4. The fourth-order valence-electron chi connectivity index (χ4n) is 3.30. The van der Waals surface area contributed by atoms with Crippen LogP contribution in [0.25, 0.3) is 11.3 Å². The molecule has 0 atom stereocenters. The summed E-state index contributed by atoms with van der Waals surface area (Å²) in [5.41, 5.74) is 2.92. The van der Waals surface area contributed by atoms with Crippen molar-refractivity contribution in [2.24, 2.45) is 0 Å². The Morgan fingerprint density at radius 1 is 1.03 bits per heavy atom. The molecule has 0 aliphatic rings. The van der Waals surface area contributed by atoms with Crippen LogP contribution in [0.3, 0.4) is 0 Å². The molecule has 32 heavy (non-hydrogen) atoms. The van der Waals surface area contributed by atoms with Crippen LogP contribution in [0.2, 0.25) is 0 Å². The van der Waals surface area contributed by atoms with E-state index in [1.807, 2.05) is 6.07 Å². The number of aromatic nitrogens is 2. The minimum atomic E-state index is -0.418. The Morgan fingerprint density at radius 2 is 1.81 bits per heavy atom. The van der Waals surface area contributed by atoms with Crippen molar-refractivity contribution in [1.82, 2.24) is 14.9 Å². The van der Waals surface area contributed by atoms with Gasteiger partial charge in [0.05, 0.1) is 12.8 Å². The second kappa shape index (κ2) is 10.6. The molecule has 3 aromatic rings. The molecule has 0 aliphatic carbocycles. The summed E-state index contributed by atoms with van der Waals surface area (Å²) in [5, 5.41) is 0. The van der Waals surface area contributed by atoms with E-state index in [0.717, 1.165) is 5.56 Å². The molecule has 2 heterocycles. The zero-order chi connectivity index (χ0) is 23.1. The Hall–Kier alpha value is -3.61. The number of nitrogens with zero attached hydrogens (tertiary/aromatic N) is 3. The van der Waals surface area contributed by atoms with Crippen LogP contribution in [0.5, 0.6) is 5.88 Å². The zero-order valence-corrected chi connectivity index (χ0v) is 18.5. The summed E-state index contributed by atoms with van der Waals surface area (Å²) in [6.45, 7) is 2.13. The number of rotatable bonds is 9. The van der Waals surface area contributed by atoms with E-state index in [4.69, 9.17) is 4.74 Å². The third kappa shape index (κ3) is 5.75. The molecule has 0 radical (unpaired) electrons. The molecular weight excluding hydrogens is 409 g/mol. The molecule has 1 amide bonds. The average molecular weight is 435 g/mol. The maximum Gasteiger partial charge on any atom is 0.222 e. The van der Waals surface area contributed by atoms with E-state index >= 15 is 0 Å². The fourth-order valence-corrected chi connectivity index (χ4v) is 3.30. The quantitative estimate of drug-likeness (QED) is 0.464. The monoisotopic (exact) mass is 435 g/mol. The summed E-state index contributed by atoms with van der Waals surface area (Å²) in [5.74, 6) is 0.0685. The van der Waals surface area contributed by atoms with E-state index in [9.17, 15) is 14.0 Å². The molecule has 2 aromatic heterocycles. The third-order valence-electron chi connectivity index (χ3n) is 5.19. The van der Waals surface area contributed by atoms with Crippen molar-refractivity contribution in [2.75, 3.05) is 14.2 Å². The molecular formula is C25H26FN3O3. The number of ether oxygens (including phenoxy) is 1. The minimum Gasteiger partial charge on any atom is -0.481 e. The van der Waals surface area contributed by atoms with E-state index in [1.54, 1.807) is 62.5 Å². The first-order valence-corrected chi connectivity index (χ1v) is 10.4. The highest BCUT2D eigenvalue weighted by Crippen LogP contribution is 2.23. The Bertz CT molecular complexity index is 1080. The Kier molecular flexibility index (Phi) is 7.65. The van der Waals surface area contributed by atoms with Crippen LogP contribution in [0, 0.1) is 5.82 Å². The van der Waals surface area contributed by atoms with Gasteiger partial charge in [0.1, 0.15) is 5.82 Å². The van der Waals surface area contributed by atoms with E-state index in [-0.39, 0.29) is 11.7 Å². The topological polar surface area (TPSA) is 72.4 Å². The fraction of sp³-hybridized carbons (Fsp3) is 0.280. The van der Waals surface area contributed by atoms with Crippen molar-refractivity contribution in [3.8, 4) is 17.1 Å². The standard InChI is InChI=1S/C25H26FN3O3/c1-4-25(31)29(2)16-18-5-9-20(21(26)13-18)22-10-8-19(15-27-22)23(30)11-6-17-7-12-24(32-3)28-14-17/h5,7-10,12-15H,4,6,11,16H2,1-3H3. The van der Waals surface area contributed by atoms with Crippen molar-refractivity contribution in [2.45, 2.75) is 32.7 Å². The lowest BCUT2D eigenvalue weighted by atomic mass is 10.0. The molecule has 0 aliphatic heterocycles. The maximum absolute atomic E-state index is 14.7. The molecule has 1 aromatic carbocycles. The Balaban J connectivity index is 1.64. The number of hydrogen-bond donors (Lipinski definition) is 0. The second-order valence-electron chi connectivity index (χ2n) is 7.48. The van der Waals surface area contributed by atoms with E-state index in [2.05, 4.69) is 9.97 Å². The van der Waals surface area contributed by atoms with Gasteiger partial charge in [-0.05, 0) is 41.8 Å². The van der Waals surface area contributed by atoms with Gasteiger partial charge in [-0.3, -0.25) is 14.6 Å². The average Bonchev–Trinajstić information content (AvgIpc) is 2.82. The first kappa shape index (κ1) is 23.1. The normalized spacial score (nSPS) is 10.6. The van der Waals surface area contributed by atoms with Crippen molar-refractivity contribution in [3.63, 3.8) is 0 Å². The van der Waals surface area contributed by atoms with Gasteiger partial charge in [-0.15, -0.1) is 0 Å². The number of methoxy groups -OCH3 is 1. The van der Waals surface area contributed by atoms with Crippen molar-refractivity contribution in [1.29, 1.82) is 0 Å². The highest BCUT2D eigenvalue weighted by Gasteiger charge is 2.13. The molecule has 0 bridgehead atoms. The third-order valence-corrected chi connectivity index (χ3v) is 5.19. The molecule has 166 valence electrons. The molecule has 0 saturated carbocycles. The van der Waals surface area contributed by atoms with Gasteiger partial charge >= 0.3 is 0 Å². The van der Waals surface area contributed by atoms with Crippen LogP contribution in [0.15, 0.2) is 54.9 Å². The number of carbonyl (C=O) groups is 2. The van der Waals surface area contributed by atoms with Gasteiger partial charge in [-0.1, -0.05) is 19.1 Å². The van der Waals surface area contributed by atoms with Gasteiger partial charge in [-0.25, -0.2) is 9.37 Å². The molecule has 0 fully saturated rings. The van der Waals surface area contributed by atoms with Crippen LogP contribution >= 0.6 is 0 Å². The zero-order valence-electron chi connectivity index (χ0n) is 18.5. The maximum atomic E-state index is 14.7. The molecule has 3 rings (SSSR count). The summed E-state index contributed by atoms with van der Waals surface area (Å²) >= 11 is 0. The van der Waals surface area contributed by atoms with Crippen LogP contribution in [-0.4, -0.2) is 40.7 Å². The summed E-state index contributed by atoms with van der Waals surface area (Å²) in [6.07, 6.45) is 4.45. The van der Waals surface area contributed by atoms with E-state index in [1.165, 1.54) is 12.3 Å². The van der Waals surface area contributed by atoms with Gasteiger partial charge in [0, 0.05) is 56.0 Å². The molecule has 7 heteroatoms. The SMILES string of the molecule is CCC(=O)N(C)Cc1ccc(-c2ccc(C(=O)CCc3ccc(OC)nc3)cn2)c(F)c1. The van der Waals surface area contributed by atoms with Crippen molar-refractivity contribution >= 4 is 11.7 Å². The predicted octanol–water partition coefficient (Wildman–Crippen LogP) is 4.48. The molecule has 0 unspecified atom stereocenters. The highest BCUT2D eigenvalue weighted by atomic mass is 19.1. The number of carbonyl (C=O) groups excluding carboxylic acids is 2. The largest absolute Gasteiger partial charge is 0.481 e. The van der Waals surface area contributed by atoms with Gasteiger partial charge < -0.3 is 9.64 Å². The van der Waals surface area contributed by atoms with E-state index < -0.39 is 5.82 Å². The van der Waals surface area contributed by atoms with Crippen molar-refractivity contribution < 1.29 is 18.7 Å². The number of hydrogen-bond acceptors (Lipinski definition) is 5. The minimum absolute atomic E-state index is 0.000314. The number of halogens is 1. The molecule has 0 spiro atoms. The first-order chi connectivity index (χ1) is 15.4. The number of aryl methyl sites for hydroxylation is 1. The Morgan fingerprint density at radius 3 is 2.41 bits per heavy atom. The van der Waals surface area contributed by atoms with Crippen molar-refractivity contribution in [3.05, 3.63) is 77.4 Å². The molecule has 6 nitrogen and oxygen atoms in total. The van der Waals surface area contributed by atoms with Gasteiger partial charge in [0.25, 0.3) is 0 Å².